The number of halogens is 1. The third-order valence-electron chi connectivity index (χ3n) is 3.66. The second-order valence-corrected chi connectivity index (χ2v) is 8.05. The Hall–Kier alpha value is -2.20. The number of thiocarbonyl (C=S) groups is 1. The summed E-state index contributed by atoms with van der Waals surface area (Å²) in [6, 6.07) is 12.2. The van der Waals surface area contributed by atoms with Crippen molar-refractivity contribution in [3.63, 3.8) is 0 Å². The average Bonchev–Trinajstić information content (AvgIpc) is 2.62. The standard InChI is InChI=1S/C20H22IN3O3S/c1-12(2)10-18(25)22-14-5-7-15(8-6-14)23-20(28)24-19(26)13-4-9-17(27-3)16(21)11-13/h4-9,11-12H,10H2,1-3H3,(H,22,25)(H2,23,24,26,28). The van der Waals surface area contributed by atoms with E-state index in [9.17, 15) is 9.59 Å². The van der Waals surface area contributed by atoms with Crippen LogP contribution in [-0.4, -0.2) is 24.0 Å². The van der Waals surface area contributed by atoms with E-state index in [4.69, 9.17) is 17.0 Å². The maximum atomic E-state index is 12.3. The molecule has 0 saturated carbocycles. The van der Waals surface area contributed by atoms with E-state index in [2.05, 4.69) is 38.5 Å². The summed E-state index contributed by atoms with van der Waals surface area (Å²) in [5, 5.41) is 8.63. The lowest BCUT2D eigenvalue weighted by atomic mass is 10.1. The molecule has 2 aromatic carbocycles. The lowest BCUT2D eigenvalue weighted by molar-refractivity contribution is -0.116. The zero-order valence-electron chi connectivity index (χ0n) is 15.8. The van der Waals surface area contributed by atoms with E-state index in [0.29, 0.717) is 35.0 Å². The van der Waals surface area contributed by atoms with Crippen LogP contribution in [0.5, 0.6) is 5.75 Å². The summed E-state index contributed by atoms with van der Waals surface area (Å²) in [4.78, 5) is 24.1. The van der Waals surface area contributed by atoms with Crippen molar-refractivity contribution in [2.24, 2.45) is 5.92 Å². The maximum Gasteiger partial charge on any atom is 0.257 e. The predicted molar refractivity (Wildman–Crippen MR) is 124 cm³/mol. The van der Waals surface area contributed by atoms with Gasteiger partial charge in [-0.15, -0.1) is 0 Å². The van der Waals surface area contributed by atoms with Crippen LogP contribution < -0.4 is 20.7 Å². The van der Waals surface area contributed by atoms with E-state index in [-0.39, 0.29) is 16.9 Å². The summed E-state index contributed by atoms with van der Waals surface area (Å²) in [6.45, 7) is 3.99. The van der Waals surface area contributed by atoms with Crippen LogP contribution in [0.15, 0.2) is 42.5 Å². The molecule has 3 N–H and O–H groups in total. The van der Waals surface area contributed by atoms with Crippen LogP contribution in [0.25, 0.3) is 0 Å². The molecule has 0 radical (unpaired) electrons. The van der Waals surface area contributed by atoms with Gasteiger partial charge in [-0.3, -0.25) is 14.9 Å². The summed E-state index contributed by atoms with van der Waals surface area (Å²) < 4.78 is 6.02. The second-order valence-electron chi connectivity index (χ2n) is 6.48. The van der Waals surface area contributed by atoms with E-state index in [0.717, 1.165) is 3.57 Å². The minimum Gasteiger partial charge on any atom is -0.496 e. The first-order chi connectivity index (χ1) is 13.3. The van der Waals surface area contributed by atoms with Crippen molar-refractivity contribution < 1.29 is 14.3 Å². The number of carbonyl (C=O) groups is 2. The molecule has 2 amide bonds. The second kappa shape index (κ2) is 10.4. The van der Waals surface area contributed by atoms with Crippen molar-refractivity contribution in [2.45, 2.75) is 20.3 Å². The molecule has 0 aliphatic heterocycles. The smallest absolute Gasteiger partial charge is 0.257 e. The third-order valence-corrected chi connectivity index (χ3v) is 4.71. The Morgan fingerprint density at radius 3 is 2.21 bits per heavy atom. The first-order valence-electron chi connectivity index (χ1n) is 8.64. The quantitative estimate of drug-likeness (QED) is 0.396. The summed E-state index contributed by atoms with van der Waals surface area (Å²) >= 11 is 7.31. The van der Waals surface area contributed by atoms with Gasteiger partial charge < -0.3 is 15.4 Å². The van der Waals surface area contributed by atoms with Crippen molar-refractivity contribution >= 4 is 63.1 Å². The van der Waals surface area contributed by atoms with Crippen LogP contribution in [0.3, 0.4) is 0 Å². The minimum absolute atomic E-state index is 0.0207. The summed E-state index contributed by atoms with van der Waals surface area (Å²) in [5.74, 6) is 0.678. The Labute approximate surface area is 183 Å². The van der Waals surface area contributed by atoms with E-state index in [1.165, 1.54) is 0 Å². The molecule has 0 heterocycles. The van der Waals surface area contributed by atoms with Gasteiger partial charge in [-0.1, -0.05) is 13.8 Å². The molecule has 2 rings (SSSR count). The highest BCUT2D eigenvalue weighted by molar-refractivity contribution is 14.1. The number of carbonyl (C=O) groups excluding carboxylic acids is 2. The number of rotatable bonds is 6. The molecule has 0 unspecified atom stereocenters. The van der Waals surface area contributed by atoms with E-state index < -0.39 is 0 Å². The number of benzene rings is 2. The number of amides is 2. The van der Waals surface area contributed by atoms with Crippen molar-refractivity contribution in [3.05, 3.63) is 51.6 Å². The van der Waals surface area contributed by atoms with Crippen molar-refractivity contribution in [1.29, 1.82) is 0 Å². The largest absolute Gasteiger partial charge is 0.496 e. The van der Waals surface area contributed by atoms with Crippen LogP contribution in [-0.2, 0) is 4.79 Å². The molecule has 0 aliphatic rings. The molecule has 0 spiro atoms. The summed E-state index contributed by atoms with van der Waals surface area (Å²) in [6.07, 6.45) is 0.473. The fourth-order valence-corrected chi connectivity index (χ4v) is 3.31. The first-order valence-corrected chi connectivity index (χ1v) is 10.1. The highest BCUT2D eigenvalue weighted by Crippen LogP contribution is 2.21. The Morgan fingerprint density at radius 2 is 1.68 bits per heavy atom. The first kappa shape index (κ1) is 22.1. The Balaban J connectivity index is 1.91. The third kappa shape index (κ3) is 6.75. The van der Waals surface area contributed by atoms with Crippen LogP contribution >= 0.6 is 34.8 Å². The van der Waals surface area contributed by atoms with Crippen molar-refractivity contribution in [1.82, 2.24) is 5.32 Å². The van der Waals surface area contributed by atoms with Crippen LogP contribution in [0, 0.1) is 9.49 Å². The number of anilines is 2. The molecule has 6 nitrogen and oxygen atoms in total. The zero-order chi connectivity index (χ0) is 20.7. The van der Waals surface area contributed by atoms with Gasteiger partial charge in [-0.25, -0.2) is 0 Å². The van der Waals surface area contributed by atoms with Crippen LogP contribution in [0.1, 0.15) is 30.6 Å². The highest BCUT2D eigenvalue weighted by Gasteiger charge is 2.11. The molecule has 28 heavy (non-hydrogen) atoms. The van der Waals surface area contributed by atoms with Gasteiger partial charge in [0, 0.05) is 23.4 Å². The van der Waals surface area contributed by atoms with Crippen molar-refractivity contribution in [3.8, 4) is 5.75 Å². The maximum absolute atomic E-state index is 12.3. The monoisotopic (exact) mass is 511 g/mol. The van der Waals surface area contributed by atoms with Gasteiger partial charge in [0.2, 0.25) is 5.91 Å². The Bertz CT molecular complexity index is 869. The zero-order valence-corrected chi connectivity index (χ0v) is 18.8. The van der Waals surface area contributed by atoms with Crippen LogP contribution in [0.2, 0.25) is 0 Å². The van der Waals surface area contributed by atoms with Crippen LogP contribution in [0.4, 0.5) is 11.4 Å². The minimum atomic E-state index is -0.310. The molecule has 0 fully saturated rings. The fraction of sp³-hybridized carbons (Fsp3) is 0.250. The lowest BCUT2D eigenvalue weighted by Gasteiger charge is -2.12. The van der Waals surface area contributed by atoms with Gasteiger partial charge >= 0.3 is 0 Å². The summed E-state index contributed by atoms with van der Waals surface area (Å²) in [7, 11) is 1.58. The average molecular weight is 511 g/mol. The molecule has 0 saturated heterocycles. The number of nitrogens with one attached hydrogen (secondary N) is 3. The predicted octanol–water partition coefficient (Wildman–Crippen LogP) is 4.41. The molecule has 0 atom stereocenters. The Morgan fingerprint density at radius 1 is 1.07 bits per heavy atom. The Kier molecular flexibility index (Phi) is 8.18. The lowest BCUT2D eigenvalue weighted by Crippen LogP contribution is -2.34. The van der Waals surface area contributed by atoms with Gasteiger partial charge in [0.1, 0.15) is 5.75 Å². The molecule has 0 aliphatic carbocycles. The number of hydrogen-bond donors (Lipinski definition) is 3. The molecular formula is C20H22IN3O3S. The molecule has 148 valence electrons. The van der Waals surface area contributed by atoms with Gasteiger partial charge in [-0.05, 0) is 83.2 Å². The molecule has 8 heteroatoms. The van der Waals surface area contributed by atoms with Crippen molar-refractivity contribution in [2.75, 3.05) is 17.7 Å². The van der Waals surface area contributed by atoms with E-state index in [1.807, 2.05) is 13.8 Å². The van der Waals surface area contributed by atoms with E-state index in [1.54, 1.807) is 49.6 Å². The number of methoxy groups -OCH3 is 1. The SMILES string of the molecule is COc1ccc(C(=O)NC(=S)Nc2ccc(NC(=O)CC(C)C)cc2)cc1I. The molecular weight excluding hydrogens is 489 g/mol. The number of hydrogen-bond acceptors (Lipinski definition) is 4. The molecule has 0 aromatic heterocycles. The van der Waals surface area contributed by atoms with Gasteiger partial charge in [0.15, 0.2) is 5.11 Å². The molecule has 0 bridgehead atoms. The van der Waals surface area contributed by atoms with Gasteiger partial charge in [0.05, 0.1) is 10.7 Å². The fourth-order valence-electron chi connectivity index (χ4n) is 2.36. The van der Waals surface area contributed by atoms with Gasteiger partial charge in [-0.2, -0.15) is 0 Å². The van der Waals surface area contributed by atoms with Gasteiger partial charge in [0.25, 0.3) is 5.91 Å². The summed E-state index contributed by atoms with van der Waals surface area (Å²) in [5.41, 5.74) is 1.90. The normalized spacial score (nSPS) is 10.3. The number of ether oxygens (including phenoxy) is 1. The highest BCUT2D eigenvalue weighted by atomic mass is 127. The topological polar surface area (TPSA) is 79.5 Å². The molecule has 2 aromatic rings. The van der Waals surface area contributed by atoms with E-state index >= 15 is 0 Å².